The Labute approximate surface area is 124 Å². The van der Waals surface area contributed by atoms with Gasteiger partial charge in [-0.2, -0.15) is 0 Å². The Bertz CT molecular complexity index is 518. The molecule has 2 atom stereocenters. The second-order valence-corrected chi connectivity index (χ2v) is 5.57. The van der Waals surface area contributed by atoms with Gasteiger partial charge in [0.25, 0.3) is 0 Å². The molecule has 4 nitrogen and oxygen atoms in total. The summed E-state index contributed by atoms with van der Waals surface area (Å²) in [4.78, 5) is 26.1. The first-order valence-electron chi connectivity index (χ1n) is 6.90. The maximum atomic E-state index is 12.4. The fraction of sp³-hybridized carbons (Fsp3) is 0.467. The zero-order chi connectivity index (χ0) is 14.7. The normalized spacial score (nSPS) is 20.1. The van der Waals surface area contributed by atoms with Gasteiger partial charge in [0.15, 0.2) is 0 Å². The first kappa shape index (κ1) is 14.9. The molecule has 1 heterocycles. The zero-order valence-electron chi connectivity index (χ0n) is 11.7. The molecular weight excluding hydrogens is 276 g/mol. The van der Waals surface area contributed by atoms with Gasteiger partial charge in [-0.15, -0.1) is 0 Å². The number of halogens is 1. The maximum absolute atomic E-state index is 12.4. The highest BCUT2D eigenvalue weighted by Crippen LogP contribution is 2.27. The van der Waals surface area contributed by atoms with Crippen molar-refractivity contribution in [2.75, 3.05) is 11.4 Å². The van der Waals surface area contributed by atoms with Crippen LogP contribution in [0.5, 0.6) is 0 Å². The van der Waals surface area contributed by atoms with E-state index in [4.69, 9.17) is 11.6 Å². The lowest BCUT2D eigenvalue weighted by molar-refractivity contribution is -0.132. The second-order valence-electron chi connectivity index (χ2n) is 5.13. The highest BCUT2D eigenvalue weighted by Gasteiger charge is 2.37. The van der Waals surface area contributed by atoms with Crippen LogP contribution in [0.15, 0.2) is 24.3 Å². The van der Waals surface area contributed by atoms with Crippen molar-refractivity contribution in [1.82, 2.24) is 5.32 Å². The summed E-state index contributed by atoms with van der Waals surface area (Å²) >= 11 is 5.94. The number of hydrogen-bond acceptors (Lipinski definition) is 2. The quantitative estimate of drug-likeness (QED) is 0.868. The summed E-state index contributed by atoms with van der Waals surface area (Å²) in [5, 5.41) is 3.46. The van der Waals surface area contributed by atoms with Crippen molar-refractivity contribution in [1.29, 1.82) is 0 Å². The van der Waals surface area contributed by atoms with Gasteiger partial charge in [-0.05, 0) is 38.0 Å². The van der Waals surface area contributed by atoms with Gasteiger partial charge in [0, 0.05) is 23.3 Å². The third-order valence-electron chi connectivity index (χ3n) is 3.64. The van der Waals surface area contributed by atoms with Crippen LogP contribution in [-0.4, -0.2) is 24.4 Å². The molecule has 0 radical (unpaired) electrons. The summed E-state index contributed by atoms with van der Waals surface area (Å²) in [5.41, 5.74) is 0.751. The van der Waals surface area contributed by atoms with Gasteiger partial charge in [-0.25, -0.2) is 0 Å². The van der Waals surface area contributed by atoms with Crippen LogP contribution >= 0.6 is 11.6 Å². The van der Waals surface area contributed by atoms with Crippen LogP contribution < -0.4 is 10.2 Å². The van der Waals surface area contributed by atoms with Crippen LogP contribution in [0, 0.1) is 5.92 Å². The van der Waals surface area contributed by atoms with E-state index in [-0.39, 0.29) is 17.9 Å². The van der Waals surface area contributed by atoms with Crippen molar-refractivity contribution in [3.05, 3.63) is 29.3 Å². The molecule has 1 aliphatic heterocycles. The summed E-state index contributed by atoms with van der Waals surface area (Å²) in [6.07, 6.45) is 1.40. The van der Waals surface area contributed by atoms with Crippen molar-refractivity contribution < 1.29 is 9.59 Å². The number of hydrogen-bond donors (Lipinski definition) is 1. The highest BCUT2D eigenvalue weighted by molar-refractivity contribution is 6.31. The molecule has 1 aromatic carbocycles. The van der Waals surface area contributed by atoms with Crippen LogP contribution in [0.2, 0.25) is 5.02 Å². The minimum atomic E-state index is -0.581. The van der Waals surface area contributed by atoms with Crippen LogP contribution in [0.3, 0.4) is 0 Å². The number of amides is 2. The smallest absolute Gasteiger partial charge is 0.239 e. The molecule has 1 fully saturated rings. The molecular formula is C15H19ClN2O2. The van der Waals surface area contributed by atoms with Crippen LogP contribution in [0.4, 0.5) is 5.69 Å². The summed E-state index contributed by atoms with van der Waals surface area (Å²) in [6.45, 7) is 4.49. The molecule has 1 N–H and O–H groups in total. The average molecular weight is 295 g/mol. The molecule has 2 rings (SSSR count). The lowest BCUT2D eigenvalue weighted by Gasteiger charge is -2.18. The highest BCUT2D eigenvalue weighted by atomic mass is 35.5. The van der Waals surface area contributed by atoms with Crippen LogP contribution in [-0.2, 0) is 9.59 Å². The topological polar surface area (TPSA) is 49.4 Å². The third kappa shape index (κ3) is 3.12. The molecule has 0 saturated carbocycles. The first-order valence-corrected chi connectivity index (χ1v) is 7.28. The van der Waals surface area contributed by atoms with Gasteiger partial charge in [0.05, 0.1) is 0 Å². The molecule has 1 aromatic rings. The Morgan fingerprint density at radius 3 is 2.95 bits per heavy atom. The number of anilines is 1. The Hall–Kier alpha value is -1.55. The fourth-order valence-electron chi connectivity index (χ4n) is 2.27. The molecule has 5 heteroatoms. The minimum absolute atomic E-state index is 0.0931. The van der Waals surface area contributed by atoms with Gasteiger partial charge in [-0.1, -0.05) is 24.6 Å². The van der Waals surface area contributed by atoms with Crippen molar-refractivity contribution >= 4 is 29.1 Å². The molecule has 108 valence electrons. The van der Waals surface area contributed by atoms with E-state index in [9.17, 15) is 9.59 Å². The standard InChI is InChI=1S/C15H19ClN2O2/c1-3-10(2)17-14(19)13-7-8-18(15(13)20)12-6-4-5-11(16)9-12/h4-6,9-10,13H,3,7-8H2,1-2H3,(H,17,19). The summed E-state index contributed by atoms with van der Waals surface area (Å²) in [5.74, 6) is -0.898. The average Bonchev–Trinajstić information content (AvgIpc) is 2.80. The van der Waals surface area contributed by atoms with Gasteiger partial charge in [0.2, 0.25) is 11.8 Å². The predicted octanol–water partition coefficient (Wildman–Crippen LogP) is 2.61. The summed E-state index contributed by atoms with van der Waals surface area (Å²) in [6, 6.07) is 7.24. The molecule has 0 spiro atoms. The minimum Gasteiger partial charge on any atom is -0.353 e. The van der Waals surface area contributed by atoms with Gasteiger partial charge >= 0.3 is 0 Å². The van der Waals surface area contributed by atoms with E-state index < -0.39 is 5.92 Å². The molecule has 2 unspecified atom stereocenters. The second kappa shape index (κ2) is 6.27. The van der Waals surface area contributed by atoms with E-state index in [0.717, 1.165) is 12.1 Å². The van der Waals surface area contributed by atoms with E-state index >= 15 is 0 Å². The molecule has 20 heavy (non-hydrogen) atoms. The number of carbonyl (C=O) groups is 2. The van der Waals surface area contributed by atoms with Crippen molar-refractivity contribution in [2.24, 2.45) is 5.92 Å². The number of rotatable bonds is 4. The Kier molecular flexibility index (Phi) is 4.65. The van der Waals surface area contributed by atoms with E-state index in [1.807, 2.05) is 19.9 Å². The Balaban J connectivity index is 2.08. The van der Waals surface area contributed by atoms with Crippen LogP contribution in [0.25, 0.3) is 0 Å². The molecule has 1 saturated heterocycles. The Morgan fingerprint density at radius 2 is 2.30 bits per heavy atom. The lowest BCUT2D eigenvalue weighted by Crippen LogP contribution is -2.40. The van der Waals surface area contributed by atoms with Crippen molar-refractivity contribution in [2.45, 2.75) is 32.7 Å². The van der Waals surface area contributed by atoms with Gasteiger partial charge < -0.3 is 10.2 Å². The molecule has 2 amide bonds. The SMILES string of the molecule is CCC(C)NC(=O)C1CCN(c2cccc(Cl)c2)C1=O. The van der Waals surface area contributed by atoms with Gasteiger partial charge in [-0.3, -0.25) is 9.59 Å². The third-order valence-corrected chi connectivity index (χ3v) is 3.88. The first-order chi connectivity index (χ1) is 9.52. The van der Waals surface area contributed by atoms with Crippen molar-refractivity contribution in [3.8, 4) is 0 Å². The summed E-state index contributed by atoms with van der Waals surface area (Å²) in [7, 11) is 0. The monoisotopic (exact) mass is 294 g/mol. The van der Waals surface area contributed by atoms with E-state index in [1.165, 1.54) is 0 Å². The molecule has 0 bridgehead atoms. The number of nitrogens with one attached hydrogen (secondary N) is 1. The maximum Gasteiger partial charge on any atom is 0.239 e. The van der Waals surface area contributed by atoms with Crippen molar-refractivity contribution in [3.63, 3.8) is 0 Å². The zero-order valence-corrected chi connectivity index (χ0v) is 12.5. The molecule has 0 aliphatic carbocycles. The fourth-order valence-corrected chi connectivity index (χ4v) is 2.45. The van der Waals surface area contributed by atoms with E-state index in [1.54, 1.807) is 23.1 Å². The Morgan fingerprint density at radius 1 is 1.55 bits per heavy atom. The largest absolute Gasteiger partial charge is 0.353 e. The van der Waals surface area contributed by atoms with Crippen LogP contribution in [0.1, 0.15) is 26.7 Å². The predicted molar refractivity (Wildman–Crippen MR) is 79.8 cm³/mol. The lowest BCUT2D eigenvalue weighted by atomic mass is 10.1. The number of benzene rings is 1. The van der Waals surface area contributed by atoms with E-state index in [0.29, 0.717) is 18.0 Å². The number of carbonyl (C=O) groups excluding carboxylic acids is 2. The molecule has 1 aliphatic rings. The van der Waals surface area contributed by atoms with Gasteiger partial charge in [0.1, 0.15) is 5.92 Å². The number of nitrogens with zero attached hydrogens (tertiary/aromatic N) is 1. The molecule has 0 aromatic heterocycles. The van der Waals surface area contributed by atoms with E-state index in [2.05, 4.69) is 5.32 Å². The summed E-state index contributed by atoms with van der Waals surface area (Å²) < 4.78 is 0.